The number of aryl methyl sites for hydroxylation is 1. The van der Waals surface area contributed by atoms with Crippen molar-refractivity contribution in [2.75, 3.05) is 5.32 Å². The highest BCUT2D eigenvalue weighted by atomic mass is 79.9. The van der Waals surface area contributed by atoms with Gasteiger partial charge in [0.05, 0.1) is 11.7 Å². The van der Waals surface area contributed by atoms with Gasteiger partial charge in [0, 0.05) is 15.1 Å². The maximum atomic E-state index is 10.3. The van der Waals surface area contributed by atoms with Crippen molar-refractivity contribution in [3.63, 3.8) is 0 Å². The molecule has 0 aliphatic heterocycles. The Kier molecular flexibility index (Phi) is 3.89. The lowest BCUT2D eigenvalue weighted by molar-refractivity contribution is 0.465. The van der Waals surface area contributed by atoms with E-state index >= 15 is 0 Å². The first-order chi connectivity index (χ1) is 9.97. The minimum Gasteiger partial charge on any atom is -0.508 e. The zero-order valence-electron chi connectivity index (χ0n) is 12.0. The number of aromatic hydroxyl groups is 1. The van der Waals surface area contributed by atoms with E-state index in [2.05, 4.69) is 35.1 Å². The molecule has 0 saturated carbocycles. The zero-order chi connectivity index (χ0) is 15.1. The molecule has 1 aliphatic rings. The Morgan fingerprint density at radius 1 is 1.24 bits per heavy atom. The lowest BCUT2D eigenvalue weighted by Gasteiger charge is -2.18. The Bertz CT molecular complexity index is 701. The Balaban J connectivity index is 2.00. The molecule has 0 fully saturated rings. The van der Waals surface area contributed by atoms with Crippen LogP contribution in [0.5, 0.6) is 5.75 Å². The second kappa shape index (κ2) is 5.54. The minimum atomic E-state index is 0.102. The monoisotopic (exact) mass is 365 g/mol. The highest BCUT2D eigenvalue weighted by molar-refractivity contribution is 9.10. The van der Waals surface area contributed by atoms with Crippen LogP contribution in [0.4, 0.5) is 5.69 Å². The Labute approximate surface area is 138 Å². The minimum absolute atomic E-state index is 0.102. The predicted molar refractivity (Wildman–Crippen MR) is 91.4 cm³/mol. The quantitative estimate of drug-likeness (QED) is 0.706. The van der Waals surface area contributed by atoms with E-state index in [0.717, 1.165) is 22.1 Å². The van der Waals surface area contributed by atoms with Crippen molar-refractivity contribution in [3.8, 4) is 5.75 Å². The van der Waals surface area contributed by atoms with Crippen LogP contribution in [0.3, 0.4) is 0 Å². The number of benzene rings is 2. The van der Waals surface area contributed by atoms with Gasteiger partial charge in [-0.3, -0.25) is 0 Å². The lowest BCUT2D eigenvalue weighted by Crippen LogP contribution is -2.08. The van der Waals surface area contributed by atoms with Crippen molar-refractivity contribution < 1.29 is 5.11 Å². The average molecular weight is 367 g/mol. The second-order valence-corrected chi connectivity index (χ2v) is 6.98. The summed E-state index contributed by atoms with van der Waals surface area (Å²) in [5.74, 6) is 0.804. The van der Waals surface area contributed by atoms with E-state index in [-0.39, 0.29) is 6.04 Å². The number of nitrogens with one attached hydrogen (secondary N) is 1. The summed E-state index contributed by atoms with van der Waals surface area (Å²) in [5, 5.41) is 14.5. The molecule has 0 aromatic heterocycles. The van der Waals surface area contributed by atoms with Crippen LogP contribution in [0.2, 0.25) is 5.02 Å². The molecule has 2 unspecified atom stereocenters. The number of hydrogen-bond donors (Lipinski definition) is 2. The van der Waals surface area contributed by atoms with Crippen molar-refractivity contribution in [2.24, 2.45) is 0 Å². The molecule has 3 rings (SSSR count). The Morgan fingerprint density at radius 2 is 2.00 bits per heavy atom. The standard InChI is InChI=1S/C17H17BrClNO/c1-9-3-6-15(21)17-14(7-10(2)16(9)17)20-13-8-11(19)4-5-12(13)18/h3-6,8,10,14,20-21H,7H2,1-2H3. The molecule has 0 bridgehead atoms. The predicted octanol–water partition coefficient (Wildman–Crippen LogP) is 5.78. The van der Waals surface area contributed by atoms with E-state index in [4.69, 9.17) is 11.6 Å². The number of phenolic OH excluding ortho intramolecular Hbond substituents is 1. The fourth-order valence-corrected chi connectivity index (χ4v) is 3.80. The van der Waals surface area contributed by atoms with Crippen molar-refractivity contribution in [2.45, 2.75) is 32.2 Å². The average Bonchev–Trinajstić information content (AvgIpc) is 2.76. The van der Waals surface area contributed by atoms with Gasteiger partial charge >= 0.3 is 0 Å². The van der Waals surface area contributed by atoms with E-state index in [0.29, 0.717) is 16.7 Å². The van der Waals surface area contributed by atoms with Crippen LogP contribution in [0.15, 0.2) is 34.8 Å². The van der Waals surface area contributed by atoms with Gasteiger partial charge in [0.1, 0.15) is 5.75 Å². The smallest absolute Gasteiger partial charge is 0.121 e. The van der Waals surface area contributed by atoms with Crippen LogP contribution in [-0.2, 0) is 0 Å². The molecule has 2 N–H and O–H groups in total. The van der Waals surface area contributed by atoms with Gasteiger partial charge in [-0.25, -0.2) is 0 Å². The van der Waals surface area contributed by atoms with Gasteiger partial charge in [0.25, 0.3) is 0 Å². The highest BCUT2D eigenvalue weighted by Crippen LogP contribution is 2.47. The molecule has 0 spiro atoms. The maximum absolute atomic E-state index is 10.3. The maximum Gasteiger partial charge on any atom is 0.121 e. The summed E-state index contributed by atoms with van der Waals surface area (Å²) in [5.41, 5.74) is 4.48. The van der Waals surface area contributed by atoms with Crippen molar-refractivity contribution in [3.05, 3.63) is 56.5 Å². The summed E-state index contributed by atoms with van der Waals surface area (Å²) in [7, 11) is 0. The van der Waals surface area contributed by atoms with Crippen molar-refractivity contribution in [1.82, 2.24) is 0 Å². The summed E-state index contributed by atoms with van der Waals surface area (Å²) in [4.78, 5) is 0. The summed E-state index contributed by atoms with van der Waals surface area (Å²) in [6, 6.07) is 9.56. The molecule has 0 saturated heterocycles. The lowest BCUT2D eigenvalue weighted by atomic mass is 9.97. The first-order valence-electron chi connectivity index (χ1n) is 7.01. The molecule has 2 nitrogen and oxygen atoms in total. The fourth-order valence-electron chi connectivity index (χ4n) is 3.27. The topological polar surface area (TPSA) is 32.3 Å². The molecule has 2 atom stereocenters. The third kappa shape index (κ3) is 2.65. The van der Waals surface area contributed by atoms with Gasteiger partial charge in [-0.05, 0) is 70.6 Å². The SMILES string of the molecule is Cc1ccc(O)c2c1C(C)CC2Nc1cc(Cl)ccc1Br. The van der Waals surface area contributed by atoms with E-state index in [1.165, 1.54) is 11.1 Å². The van der Waals surface area contributed by atoms with Gasteiger partial charge in [0.15, 0.2) is 0 Å². The third-order valence-corrected chi connectivity index (χ3v) is 5.10. The number of hydrogen-bond acceptors (Lipinski definition) is 2. The number of halogens is 2. The van der Waals surface area contributed by atoms with Crippen molar-refractivity contribution in [1.29, 1.82) is 0 Å². The van der Waals surface area contributed by atoms with Gasteiger partial charge in [0.2, 0.25) is 0 Å². The molecule has 0 amide bonds. The molecule has 2 aromatic carbocycles. The van der Waals surface area contributed by atoms with Gasteiger partial charge in [-0.2, -0.15) is 0 Å². The molecule has 1 aliphatic carbocycles. The fraction of sp³-hybridized carbons (Fsp3) is 0.294. The molecule has 21 heavy (non-hydrogen) atoms. The van der Waals surface area contributed by atoms with E-state index in [9.17, 15) is 5.11 Å². The number of rotatable bonds is 2. The van der Waals surface area contributed by atoms with Crippen LogP contribution < -0.4 is 5.32 Å². The van der Waals surface area contributed by atoms with E-state index in [1.54, 1.807) is 6.07 Å². The third-order valence-electron chi connectivity index (χ3n) is 4.17. The molecule has 0 radical (unpaired) electrons. The van der Waals surface area contributed by atoms with E-state index in [1.807, 2.05) is 24.3 Å². The normalized spacial score (nSPS) is 20.4. The largest absolute Gasteiger partial charge is 0.508 e. The summed E-state index contributed by atoms with van der Waals surface area (Å²) in [6.07, 6.45) is 0.965. The van der Waals surface area contributed by atoms with Gasteiger partial charge in [-0.1, -0.05) is 24.6 Å². The molecule has 110 valence electrons. The molecule has 0 heterocycles. The van der Waals surface area contributed by atoms with Crippen LogP contribution in [-0.4, -0.2) is 5.11 Å². The summed E-state index contributed by atoms with van der Waals surface area (Å²) >= 11 is 9.62. The van der Waals surface area contributed by atoms with Crippen LogP contribution >= 0.6 is 27.5 Å². The van der Waals surface area contributed by atoms with Crippen LogP contribution in [0.1, 0.15) is 42.0 Å². The molecule has 4 heteroatoms. The Hall–Kier alpha value is -1.19. The van der Waals surface area contributed by atoms with Crippen LogP contribution in [0, 0.1) is 6.92 Å². The summed E-state index contributed by atoms with van der Waals surface area (Å²) in [6.45, 7) is 4.31. The zero-order valence-corrected chi connectivity index (χ0v) is 14.3. The number of phenols is 1. The highest BCUT2D eigenvalue weighted by Gasteiger charge is 2.32. The molecule has 2 aromatic rings. The van der Waals surface area contributed by atoms with Gasteiger partial charge < -0.3 is 10.4 Å². The van der Waals surface area contributed by atoms with Crippen molar-refractivity contribution >= 4 is 33.2 Å². The van der Waals surface area contributed by atoms with Crippen LogP contribution in [0.25, 0.3) is 0 Å². The first kappa shape index (κ1) is 14.7. The number of anilines is 1. The molecular formula is C17H17BrClNO. The summed E-state index contributed by atoms with van der Waals surface area (Å²) < 4.78 is 0.972. The van der Waals surface area contributed by atoms with E-state index < -0.39 is 0 Å². The van der Waals surface area contributed by atoms with Gasteiger partial charge in [-0.15, -0.1) is 0 Å². The molecular weight excluding hydrogens is 350 g/mol. The Morgan fingerprint density at radius 3 is 2.76 bits per heavy atom. The second-order valence-electron chi connectivity index (χ2n) is 5.69. The first-order valence-corrected chi connectivity index (χ1v) is 8.18. The number of fused-ring (bicyclic) bond motifs is 1.